The molecule has 168 valence electrons. The number of nitrogens with zero attached hydrogens (tertiary/aromatic N) is 1. The SMILES string of the molecule is COc1ccc(CCNC(=O)COC(=O)CCc2ncc(-c3c(F)cccc3F)o2)cc1. The Bertz CT molecular complexity index is 1050. The number of ether oxygens (including phenoxy) is 2. The maximum absolute atomic E-state index is 13.8. The van der Waals surface area contributed by atoms with Crippen LogP contribution in [-0.4, -0.2) is 37.1 Å². The van der Waals surface area contributed by atoms with Crippen molar-refractivity contribution in [2.75, 3.05) is 20.3 Å². The molecular weight excluding hydrogens is 422 g/mol. The van der Waals surface area contributed by atoms with Gasteiger partial charge in [0.1, 0.15) is 17.4 Å². The molecule has 0 atom stereocenters. The van der Waals surface area contributed by atoms with Crippen LogP contribution in [0.3, 0.4) is 0 Å². The number of nitrogens with one attached hydrogen (secondary N) is 1. The van der Waals surface area contributed by atoms with Crippen LogP contribution in [0.1, 0.15) is 17.9 Å². The molecule has 1 N–H and O–H groups in total. The predicted octanol–water partition coefficient (Wildman–Crippen LogP) is 3.46. The van der Waals surface area contributed by atoms with Crippen LogP contribution in [-0.2, 0) is 27.2 Å². The molecule has 1 amide bonds. The van der Waals surface area contributed by atoms with Crippen LogP contribution >= 0.6 is 0 Å². The van der Waals surface area contributed by atoms with E-state index in [2.05, 4.69) is 10.3 Å². The second kappa shape index (κ2) is 11.0. The Morgan fingerprint density at radius 3 is 2.47 bits per heavy atom. The second-order valence-corrected chi connectivity index (χ2v) is 6.82. The Morgan fingerprint density at radius 1 is 1.06 bits per heavy atom. The van der Waals surface area contributed by atoms with Crippen LogP contribution in [0.2, 0.25) is 0 Å². The molecule has 1 aromatic heterocycles. The van der Waals surface area contributed by atoms with Gasteiger partial charge in [0.25, 0.3) is 5.91 Å². The summed E-state index contributed by atoms with van der Waals surface area (Å²) >= 11 is 0. The van der Waals surface area contributed by atoms with E-state index in [9.17, 15) is 18.4 Å². The van der Waals surface area contributed by atoms with Gasteiger partial charge < -0.3 is 19.2 Å². The lowest BCUT2D eigenvalue weighted by atomic mass is 10.1. The van der Waals surface area contributed by atoms with Gasteiger partial charge in [0, 0.05) is 13.0 Å². The number of halogens is 2. The predicted molar refractivity (Wildman–Crippen MR) is 111 cm³/mol. The van der Waals surface area contributed by atoms with Crippen molar-refractivity contribution in [1.29, 1.82) is 0 Å². The minimum atomic E-state index is -0.773. The number of aromatic nitrogens is 1. The molecule has 0 saturated carbocycles. The molecule has 3 rings (SSSR count). The van der Waals surface area contributed by atoms with E-state index in [-0.39, 0.29) is 30.1 Å². The lowest BCUT2D eigenvalue weighted by Gasteiger charge is -2.07. The zero-order valence-electron chi connectivity index (χ0n) is 17.4. The minimum absolute atomic E-state index is 0.0635. The summed E-state index contributed by atoms with van der Waals surface area (Å²) in [6.45, 7) is -0.00682. The highest BCUT2D eigenvalue weighted by atomic mass is 19.1. The highest BCUT2D eigenvalue weighted by Gasteiger charge is 2.16. The summed E-state index contributed by atoms with van der Waals surface area (Å²) in [5, 5.41) is 2.67. The van der Waals surface area contributed by atoms with Crippen LogP contribution < -0.4 is 10.1 Å². The van der Waals surface area contributed by atoms with E-state index in [0.717, 1.165) is 23.4 Å². The molecule has 0 radical (unpaired) electrons. The molecule has 7 nitrogen and oxygen atoms in total. The molecule has 32 heavy (non-hydrogen) atoms. The summed E-state index contributed by atoms with van der Waals surface area (Å²) in [6, 6.07) is 10.9. The molecule has 9 heteroatoms. The van der Waals surface area contributed by atoms with Crippen LogP contribution in [0.4, 0.5) is 8.78 Å². The Morgan fingerprint density at radius 2 is 1.78 bits per heavy atom. The van der Waals surface area contributed by atoms with Crippen LogP contribution in [0.5, 0.6) is 5.75 Å². The quantitative estimate of drug-likeness (QED) is 0.482. The average Bonchev–Trinajstić information content (AvgIpc) is 3.25. The number of benzene rings is 2. The summed E-state index contributed by atoms with van der Waals surface area (Å²) in [4.78, 5) is 27.6. The largest absolute Gasteiger partial charge is 0.497 e. The maximum atomic E-state index is 13.8. The van der Waals surface area contributed by atoms with E-state index in [0.29, 0.717) is 13.0 Å². The van der Waals surface area contributed by atoms with Crippen molar-refractivity contribution in [3.8, 4) is 17.1 Å². The third kappa shape index (κ3) is 6.37. The Balaban J connectivity index is 1.37. The first kappa shape index (κ1) is 22.9. The fourth-order valence-electron chi connectivity index (χ4n) is 2.89. The number of amides is 1. The summed E-state index contributed by atoms with van der Waals surface area (Å²) < 4.78 is 43.0. The molecule has 0 unspecified atom stereocenters. The van der Waals surface area contributed by atoms with Gasteiger partial charge in [-0.05, 0) is 36.2 Å². The van der Waals surface area contributed by atoms with E-state index in [4.69, 9.17) is 13.9 Å². The van der Waals surface area contributed by atoms with Gasteiger partial charge in [-0.15, -0.1) is 0 Å². The van der Waals surface area contributed by atoms with Crippen molar-refractivity contribution in [1.82, 2.24) is 10.3 Å². The lowest BCUT2D eigenvalue weighted by molar-refractivity contribution is -0.148. The molecule has 3 aromatic rings. The van der Waals surface area contributed by atoms with E-state index in [1.165, 1.54) is 12.3 Å². The van der Waals surface area contributed by atoms with Gasteiger partial charge in [-0.2, -0.15) is 0 Å². The zero-order chi connectivity index (χ0) is 22.9. The molecule has 2 aromatic carbocycles. The monoisotopic (exact) mass is 444 g/mol. The third-order valence-corrected chi connectivity index (χ3v) is 4.56. The first-order valence-corrected chi connectivity index (χ1v) is 9.90. The highest BCUT2D eigenvalue weighted by Crippen LogP contribution is 2.26. The molecule has 0 fully saturated rings. The summed E-state index contributed by atoms with van der Waals surface area (Å²) in [6.07, 6.45) is 1.78. The number of hydrogen-bond acceptors (Lipinski definition) is 6. The third-order valence-electron chi connectivity index (χ3n) is 4.56. The topological polar surface area (TPSA) is 90.7 Å². The van der Waals surface area contributed by atoms with Crippen molar-refractivity contribution >= 4 is 11.9 Å². The van der Waals surface area contributed by atoms with Gasteiger partial charge in [-0.25, -0.2) is 13.8 Å². The lowest BCUT2D eigenvalue weighted by Crippen LogP contribution is -2.30. The highest BCUT2D eigenvalue weighted by molar-refractivity contribution is 5.80. The van der Waals surface area contributed by atoms with E-state index in [1.807, 2.05) is 24.3 Å². The maximum Gasteiger partial charge on any atom is 0.306 e. The molecule has 0 aliphatic carbocycles. The smallest absolute Gasteiger partial charge is 0.306 e. The number of aryl methyl sites for hydroxylation is 1. The Hall–Kier alpha value is -3.75. The van der Waals surface area contributed by atoms with Crippen LogP contribution in [0.15, 0.2) is 53.1 Å². The number of hydrogen-bond donors (Lipinski definition) is 1. The van der Waals surface area contributed by atoms with Crippen molar-refractivity contribution in [3.63, 3.8) is 0 Å². The number of oxazole rings is 1. The molecule has 1 heterocycles. The van der Waals surface area contributed by atoms with Gasteiger partial charge in [-0.1, -0.05) is 18.2 Å². The summed E-state index contributed by atoms with van der Waals surface area (Å²) in [7, 11) is 1.59. The average molecular weight is 444 g/mol. The fourth-order valence-corrected chi connectivity index (χ4v) is 2.89. The molecule has 0 spiro atoms. The molecular formula is C23H22F2N2O5. The number of carbonyl (C=O) groups excluding carboxylic acids is 2. The molecule has 0 aliphatic heterocycles. The van der Waals surface area contributed by atoms with Crippen molar-refractivity contribution in [2.24, 2.45) is 0 Å². The number of rotatable bonds is 10. The minimum Gasteiger partial charge on any atom is -0.497 e. The van der Waals surface area contributed by atoms with Gasteiger partial charge >= 0.3 is 5.97 Å². The van der Waals surface area contributed by atoms with Gasteiger partial charge in [0.2, 0.25) is 0 Å². The molecule has 0 bridgehead atoms. The number of carbonyl (C=O) groups is 2. The molecule has 0 aliphatic rings. The number of methoxy groups -OCH3 is 1. The summed E-state index contributed by atoms with van der Waals surface area (Å²) in [5.74, 6) is -1.77. The molecule has 0 saturated heterocycles. The van der Waals surface area contributed by atoms with Gasteiger partial charge in [-0.3, -0.25) is 9.59 Å². The first-order chi connectivity index (χ1) is 15.5. The standard InChI is InChI=1S/C23H22F2N2O5/c1-30-16-7-5-15(6-8-16)11-12-26-20(28)14-31-22(29)10-9-21-27-13-19(32-21)23-17(24)3-2-4-18(23)25/h2-8,13H,9-12,14H2,1H3,(H,26,28). The van der Waals surface area contributed by atoms with Gasteiger partial charge in [0.05, 0.1) is 25.3 Å². The van der Waals surface area contributed by atoms with Crippen molar-refractivity contribution in [3.05, 3.63) is 71.8 Å². The van der Waals surface area contributed by atoms with Crippen molar-refractivity contribution < 1.29 is 32.3 Å². The Labute approximate surface area is 183 Å². The summed E-state index contributed by atoms with van der Waals surface area (Å²) in [5.41, 5.74) is 0.712. The normalized spacial score (nSPS) is 10.6. The van der Waals surface area contributed by atoms with E-state index < -0.39 is 30.1 Å². The van der Waals surface area contributed by atoms with Crippen LogP contribution in [0, 0.1) is 11.6 Å². The van der Waals surface area contributed by atoms with E-state index >= 15 is 0 Å². The fraction of sp³-hybridized carbons (Fsp3) is 0.261. The second-order valence-electron chi connectivity index (χ2n) is 6.82. The van der Waals surface area contributed by atoms with E-state index in [1.54, 1.807) is 7.11 Å². The van der Waals surface area contributed by atoms with Crippen molar-refractivity contribution in [2.45, 2.75) is 19.3 Å². The van der Waals surface area contributed by atoms with Gasteiger partial charge in [0.15, 0.2) is 18.3 Å². The zero-order valence-corrected chi connectivity index (χ0v) is 17.4. The number of esters is 1. The Kier molecular flexibility index (Phi) is 7.91. The first-order valence-electron chi connectivity index (χ1n) is 9.90. The van der Waals surface area contributed by atoms with Crippen LogP contribution in [0.25, 0.3) is 11.3 Å².